The molecular weight excluding hydrogens is 294 g/mol. The molecule has 4 amide bonds. The zero-order valence-corrected chi connectivity index (χ0v) is 12.2. The number of nitrogens with one attached hydrogen (secondary N) is 2. The van der Waals surface area contributed by atoms with Crippen LogP contribution < -0.4 is 10.6 Å². The van der Waals surface area contributed by atoms with Crippen LogP contribution in [0.1, 0.15) is 22.3 Å². The summed E-state index contributed by atoms with van der Waals surface area (Å²) >= 11 is 6.04. The Balaban J connectivity index is 1.83. The van der Waals surface area contributed by atoms with E-state index in [1.807, 2.05) is 0 Å². The van der Waals surface area contributed by atoms with Crippen molar-refractivity contribution < 1.29 is 14.4 Å². The van der Waals surface area contributed by atoms with Crippen LogP contribution in [0.4, 0.5) is 4.79 Å². The van der Waals surface area contributed by atoms with Crippen molar-refractivity contribution in [1.29, 1.82) is 0 Å². The first kappa shape index (κ1) is 13.9. The molecule has 3 rings (SSSR count). The minimum atomic E-state index is -0.987. The van der Waals surface area contributed by atoms with Gasteiger partial charge in [-0.15, -0.1) is 0 Å². The monoisotopic (exact) mass is 307 g/mol. The predicted molar refractivity (Wildman–Crippen MR) is 76.1 cm³/mol. The first-order chi connectivity index (χ1) is 9.93. The van der Waals surface area contributed by atoms with Gasteiger partial charge in [0.25, 0.3) is 11.8 Å². The molecule has 2 N–H and O–H groups in total. The molecule has 7 heteroatoms. The maximum atomic E-state index is 12.6. The van der Waals surface area contributed by atoms with Crippen LogP contribution in [0.2, 0.25) is 5.02 Å². The molecule has 21 heavy (non-hydrogen) atoms. The zero-order chi connectivity index (χ0) is 15.2. The summed E-state index contributed by atoms with van der Waals surface area (Å²) in [6.45, 7) is 2.37. The van der Waals surface area contributed by atoms with Gasteiger partial charge < -0.3 is 10.2 Å². The number of amides is 4. The van der Waals surface area contributed by atoms with Crippen LogP contribution in [0.25, 0.3) is 0 Å². The van der Waals surface area contributed by atoms with E-state index in [2.05, 4.69) is 10.6 Å². The second-order valence-electron chi connectivity index (χ2n) is 5.38. The Morgan fingerprint density at radius 2 is 2.14 bits per heavy atom. The third-order valence-electron chi connectivity index (χ3n) is 4.07. The third-order valence-corrected chi connectivity index (χ3v) is 4.48. The van der Waals surface area contributed by atoms with Crippen molar-refractivity contribution in [3.05, 3.63) is 34.3 Å². The maximum Gasteiger partial charge on any atom is 0.322 e. The molecule has 0 radical (unpaired) electrons. The molecule has 6 nitrogen and oxygen atoms in total. The van der Waals surface area contributed by atoms with E-state index in [0.29, 0.717) is 29.1 Å². The average Bonchev–Trinajstić information content (AvgIpc) is 2.97. The lowest BCUT2D eigenvalue weighted by Crippen LogP contribution is -2.49. The number of halogens is 1. The molecule has 0 bridgehead atoms. The van der Waals surface area contributed by atoms with Crippen molar-refractivity contribution in [3.63, 3.8) is 0 Å². The molecule has 0 aliphatic carbocycles. The highest BCUT2D eigenvalue weighted by atomic mass is 35.5. The van der Waals surface area contributed by atoms with E-state index in [1.165, 1.54) is 0 Å². The quantitative estimate of drug-likeness (QED) is 0.762. The highest BCUT2D eigenvalue weighted by molar-refractivity contribution is 6.31. The number of urea groups is 1. The van der Waals surface area contributed by atoms with Crippen LogP contribution in [0.15, 0.2) is 18.2 Å². The van der Waals surface area contributed by atoms with Crippen molar-refractivity contribution in [2.75, 3.05) is 13.1 Å². The Morgan fingerprint density at radius 3 is 2.81 bits per heavy atom. The molecule has 1 aromatic carbocycles. The number of nitrogens with zero attached hydrogens (tertiary/aromatic N) is 1. The van der Waals surface area contributed by atoms with Gasteiger partial charge in [0, 0.05) is 17.1 Å². The number of benzene rings is 1. The fraction of sp³-hybridized carbons (Fsp3) is 0.357. The summed E-state index contributed by atoms with van der Waals surface area (Å²) in [4.78, 5) is 37.3. The summed E-state index contributed by atoms with van der Waals surface area (Å²) in [7, 11) is 0. The van der Waals surface area contributed by atoms with E-state index in [1.54, 1.807) is 30.0 Å². The number of hydrogen-bond donors (Lipinski definition) is 2. The molecule has 2 aliphatic heterocycles. The molecule has 0 saturated carbocycles. The van der Waals surface area contributed by atoms with Gasteiger partial charge in [0.15, 0.2) is 0 Å². The topological polar surface area (TPSA) is 78.5 Å². The van der Waals surface area contributed by atoms with Crippen LogP contribution >= 0.6 is 11.6 Å². The highest BCUT2D eigenvalue weighted by Crippen LogP contribution is 2.27. The Labute approximate surface area is 126 Å². The number of imide groups is 1. The van der Waals surface area contributed by atoms with Crippen LogP contribution in [0, 0.1) is 6.92 Å². The number of carbonyl (C=O) groups excluding carboxylic acids is 3. The first-order valence-electron chi connectivity index (χ1n) is 6.61. The summed E-state index contributed by atoms with van der Waals surface area (Å²) in [6.07, 6.45) is 0.413. The minimum absolute atomic E-state index is 0.176. The Hall–Kier alpha value is -2.08. The molecule has 1 aromatic rings. The maximum absolute atomic E-state index is 12.6. The lowest BCUT2D eigenvalue weighted by atomic mass is 9.99. The standard InChI is InChI=1S/C14H14ClN3O3/c1-8-9(3-2-4-10(8)15)11(19)18-6-5-14(7-18)12(20)16-13(21)17-14/h2-4H,5-7H2,1H3,(H2,16,17,20,21). The van der Waals surface area contributed by atoms with Crippen LogP contribution in [-0.2, 0) is 4.79 Å². The summed E-state index contributed by atoms with van der Waals surface area (Å²) in [5.41, 5.74) is 0.244. The van der Waals surface area contributed by atoms with E-state index in [4.69, 9.17) is 11.6 Å². The zero-order valence-electron chi connectivity index (χ0n) is 11.4. The molecule has 0 aromatic heterocycles. The van der Waals surface area contributed by atoms with Crippen LogP contribution in [-0.4, -0.2) is 41.4 Å². The Bertz CT molecular complexity index is 661. The number of carbonyl (C=O) groups is 3. The van der Waals surface area contributed by atoms with Gasteiger partial charge in [-0.1, -0.05) is 17.7 Å². The molecule has 1 atom stereocenters. The van der Waals surface area contributed by atoms with E-state index in [-0.39, 0.29) is 18.4 Å². The van der Waals surface area contributed by atoms with Gasteiger partial charge in [0.2, 0.25) is 0 Å². The Morgan fingerprint density at radius 1 is 1.38 bits per heavy atom. The lowest BCUT2D eigenvalue weighted by molar-refractivity contribution is -0.123. The molecule has 2 saturated heterocycles. The minimum Gasteiger partial charge on any atom is -0.336 e. The van der Waals surface area contributed by atoms with Crippen LogP contribution in [0.5, 0.6) is 0 Å². The second-order valence-corrected chi connectivity index (χ2v) is 5.79. The summed E-state index contributed by atoms with van der Waals surface area (Å²) in [6, 6.07) is 4.65. The smallest absolute Gasteiger partial charge is 0.322 e. The predicted octanol–water partition coefficient (Wildman–Crippen LogP) is 1.07. The van der Waals surface area contributed by atoms with Crippen molar-refractivity contribution in [3.8, 4) is 0 Å². The highest BCUT2D eigenvalue weighted by Gasteiger charge is 2.51. The van der Waals surface area contributed by atoms with Gasteiger partial charge in [-0.25, -0.2) is 4.79 Å². The van der Waals surface area contributed by atoms with Crippen LogP contribution in [0.3, 0.4) is 0 Å². The van der Waals surface area contributed by atoms with Crippen molar-refractivity contribution in [1.82, 2.24) is 15.5 Å². The van der Waals surface area contributed by atoms with Gasteiger partial charge in [0.1, 0.15) is 5.54 Å². The SMILES string of the molecule is Cc1c(Cl)cccc1C(=O)N1CCC2(C1)NC(=O)NC2=O. The molecule has 110 valence electrons. The van der Waals surface area contributed by atoms with Crippen molar-refractivity contribution in [2.24, 2.45) is 0 Å². The average molecular weight is 308 g/mol. The van der Waals surface area contributed by atoms with Gasteiger partial charge >= 0.3 is 6.03 Å². The third kappa shape index (κ3) is 2.15. The second kappa shape index (κ2) is 4.73. The molecule has 2 heterocycles. The molecule has 1 spiro atoms. The number of hydrogen-bond acceptors (Lipinski definition) is 3. The largest absolute Gasteiger partial charge is 0.336 e. The summed E-state index contributed by atoms with van der Waals surface area (Å²) in [5.74, 6) is -0.550. The van der Waals surface area contributed by atoms with E-state index >= 15 is 0 Å². The van der Waals surface area contributed by atoms with E-state index < -0.39 is 11.6 Å². The normalized spacial score (nSPS) is 24.4. The fourth-order valence-corrected chi connectivity index (χ4v) is 2.98. The summed E-state index contributed by atoms with van der Waals surface area (Å²) < 4.78 is 0. The Kier molecular flexibility index (Phi) is 3.13. The molecule has 1 unspecified atom stereocenters. The van der Waals surface area contributed by atoms with E-state index in [9.17, 15) is 14.4 Å². The number of rotatable bonds is 1. The summed E-state index contributed by atoms with van der Waals surface area (Å²) in [5, 5.41) is 5.37. The van der Waals surface area contributed by atoms with Gasteiger partial charge in [-0.2, -0.15) is 0 Å². The molecular formula is C14H14ClN3O3. The molecule has 2 fully saturated rings. The number of likely N-dealkylation sites (tertiary alicyclic amines) is 1. The lowest BCUT2D eigenvalue weighted by Gasteiger charge is -2.21. The van der Waals surface area contributed by atoms with Gasteiger partial charge in [0.05, 0.1) is 6.54 Å². The first-order valence-corrected chi connectivity index (χ1v) is 6.99. The van der Waals surface area contributed by atoms with Gasteiger partial charge in [-0.05, 0) is 31.0 Å². The molecule has 2 aliphatic rings. The fourth-order valence-electron chi connectivity index (χ4n) is 2.81. The van der Waals surface area contributed by atoms with E-state index in [0.717, 1.165) is 0 Å². The van der Waals surface area contributed by atoms with Gasteiger partial charge in [-0.3, -0.25) is 14.9 Å². The van der Waals surface area contributed by atoms with Crippen molar-refractivity contribution in [2.45, 2.75) is 18.9 Å². The van der Waals surface area contributed by atoms with Crippen molar-refractivity contribution >= 4 is 29.4 Å².